The van der Waals surface area contributed by atoms with E-state index in [9.17, 15) is 21.6 Å². The van der Waals surface area contributed by atoms with E-state index in [4.69, 9.17) is 20.6 Å². The molecule has 170 valence electrons. The standard InChI is InChI=1S/C15H25N3O.2CH4O3S/c1-12(11-13-7-3-2-4-8-13)18-15(19)14(17)9-5-6-10-16;2*1-5(2,3)4/h2-4,7-8,12,14H,5-6,9-11,16-17H2,1H3,(H,18,19);2*1H3,(H,2,3,4)/t12?,14-;;/m0../s1. The van der Waals surface area contributed by atoms with Crippen LogP contribution in [0, 0.1) is 0 Å². The SMILES string of the molecule is CC(Cc1ccccc1)NC(=O)[C@@H](N)CCCCN.CS(=O)(=O)O.CS(=O)(=O)O. The van der Waals surface area contributed by atoms with Crippen LogP contribution in [0.15, 0.2) is 30.3 Å². The largest absolute Gasteiger partial charge is 0.352 e. The molecule has 0 aliphatic heterocycles. The molecule has 0 aliphatic carbocycles. The van der Waals surface area contributed by atoms with Gasteiger partial charge in [-0.1, -0.05) is 36.8 Å². The Morgan fingerprint density at radius 3 is 1.90 bits per heavy atom. The normalized spacial score (nSPS) is 13.1. The molecular weight excluding hydrogens is 422 g/mol. The summed E-state index contributed by atoms with van der Waals surface area (Å²) >= 11 is 0. The molecule has 1 amide bonds. The molecule has 12 heteroatoms. The summed E-state index contributed by atoms with van der Waals surface area (Å²) in [5, 5.41) is 2.96. The van der Waals surface area contributed by atoms with Gasteiger partial charge in [-0.2, -0.15) is 16.8 Å². The summed E-state index contributed by atoms with van der Waals surface area (Å²) in [5.41, 5.74) is 12.5. The molecule has 0 spiro atoms. The molecule has 1 aromatic carbocycles. The number of rotatable bonds is 8. The highest BCUT2D eigenvalue weighted by atomic mass is 32.2. The predicted molar refractivity (Wildman–Crippen MR) is 114 cm³/mol. The first-order chi connectivity index (χ1) is 13.1. The molecule has 0 fully saturated rings. The number of carbonyl (C=O) groups excluding carboxylic acids is 1. The summed E-state index contributed by atoms with van der Waals surface area (Å²) in [6.45, 7) is 2.65. The van der Waals surface area contributed by atoms with Crippen LogP contribution in [0.1, 0.15) is 31.7 Å². The minimum atomic E-state index is -3.67. The third-order valence-electron chi connectivity index (χ3n) is 3.08. The summed E-state index contributed by atoms with van der Waals surface area (Å²) in [4.78, 5) is 11.9. The van der Waals surface area contributed by atoms with Crippen LogP contribution in [-0.2, 0) is 31.5 Å². The van der Waals surface area contributed by atoms with Gasteiger partial charge in [0.25, 0.3) is 20.2 Å². The van der Waals surface area contributed by atoms with E-state index in [1.165, 1.54) is 5.56 Å². The number of hydrogen-bond donors (Lipinski definition) is 5. The molecule has 7 N–H and O–H groups in total. The Labute approximate surface area is 173 Å². The second-order valence-electron chi connectivity index (χ2n) is 6.46. The third kappa shape index (κ3) is 28.7. The minimum absolute atomic E-state index is 0.0690. The van der Waals surface area contributed by atoms with Crippen LogP contribution in [0.3, 0.4) is 0 Å². The molecule has 1 aromatic rings. The maximum absolute atomic E-state index is 11.9. The molecule has 29 heavy (non-hydrogen) atoms. The molecule has 10 nitrogen and oxygen atoms in total. The van der Waals surface area contributed by atoms with Gasteiger partial charge in [0, 0.05) is 6.04 Å². The number of nitrogens with two attached hydrogens (primary N) is 2. The molecule has 0 bridgehead atoms. The lowest BCUT2D eigenvalue weighted by molar-refractivity contribution is -0.123. The lowest BCUT2D eigenvalue weighted by Crippen LogP contribution is -2.45. The number of carbonyl (C=O) groups is 1. The van der Waals surface area contributed by atoms with Gasteiger partial charge in [0.2, 0.25) is 5.91 Å². The van der Waals surface area contributed by atoms with Gasteiger partial charge < -0.3 is 16.8 Å². The first kappa shape index (κ1) is 29.6. The van der Waals surface area contributed by atoms with Gasteiger partial charge in [0.1, 0.15) is 0 Å². The fourth-order valence-electron chi connectivity index (χ4n) is 2.01. The van der Waals surface area contributed by atoms with Crippen molar-refractivity contribution in [2.75, 3.05) is 19.1 Å². The summed E-state index contributed by atoms with van der Waals surface area (Å²) in [7, 11) is -7.33. The van der Waals surface area contributed by atoms with Crippen molar-refractivity contribution in [3.05, 3.63) is 35.9 Å². The number of amides is 1. The van der Waals surface area contributed by atoms with Crippen LogP contribution in [0.25, 0.3) is 0 Å². The van der Waals surface area contributed by atoms with E-state index in [0.29, 0.717) is 25.5 Å². The Balaban J connectivity index is 0. The molecule has 0 saturated heterocycles. The Hall–Kier alpha value is -1.57. The van der Waals surface area contributed by atoms with Crippen molar-refractivity contribution >= 4 is 26.1 Å². The van der Waals surface area contributed by atoms with Gasteiger partial charge in [0.05, 0.1) is 18.6 Å². The van der Waals surface area contributed by atoms with Crippen LogP contribution < -0.4 is 16.8 Å². The van der Waals surface area contributed by atoms with E-state index in [1.54, 1.807) is 0 Å². The zero-order chi connectivity index (χ0) is 23.1. The van der Waals surface area contributed by atoms with Crippen molar-refractivity contribution in [1.29, 1.82) is 0 Å². The van der Waals surface area contributed by atoms with E-state index in [2.05, 4.69) is 17.4 Å². The lowest BCUT2D eigenvalue weighted by atomic mass is 10.1. The Bertz CT molecular complexity index is 723. The predicted octanol–water partition coefficient (Wildman–Crippen LogP) is 0.198. The molecule has 1 unspecified atom stereocenters. The number of benzene rings is 1. The maximum Gasteiger partial charge on any atom is 0.261 e. The highest BCUT2D eigenvalue weighted by Crippen LogP contribution is 2.04. The van der Waals surface area contributed by atoms with Gasteiger partial charge in [0.15, 0.2) is 0 Å². The van der Waals surface area contributed by atoms with Crippen molar-refractivity contribution in [1.82, 2.24) is 5.32 Å². The second-order valence-corrected chi connectivity index (χ2v) is 9.39. The quantitative estimate of drug-likeness (QED) is 0.269. The second kappa shape index (κ2) is 15.3. The van der Waals surface area contributed by atoms with Crippen molar-refractivity contribution in [2.24, 2.45) is 11.5 Å². The highest BCUT2D eigenvalue weighted by Gasteiger charge is 2.15. The van der Waals surface area contributed by atoms with Crippen molar-refractivity contribution < 1.29 is 30.7 Å². The topological polar surface area (TPSA) is 190 Å². The molecule has 0 heterocycles. The summed E-state index contributed by atoms with van der Waals surface area (Å²) in [6, 6.07) is 9.78. The fourth-order valence-corrected chi connectivity index (χ4v) is 2.01. The highest BCUT2D eigenvalue weighted by molar-refractivity contribution is 7.85. The monoisotopic (exact) mass is 455 g/mol. The average molecular weight is 456 g/mol. The van der Waals surface area contributed by atoms with E-state index in [-0.39, 0.29) is 11.9 Å². The minimum Gasteiger partial charge on any atom is -0.352 e. The molecule has 0 aromatic heterocycles. The van der Waals surface area contributed by atoms with Gasteiger partial charge in [-0.05, 0) is 38.3 Å². The van der Waals surface area contributed by atoms with Crippen molar-refractivity contribution in [3.63, 3.8) is 0 Å². The first-order valence-electron chi connectivity index (χ1n) is 8.78. The number of nitrogens with one attached hydrogen (secondary N) is 1. The molecule has 0 saturated carbocycles. The van der Waals surface area contributed by atoms with Crippen LogP contribution in [0.2, 0.25) is 0 Å². The molecule has 2 atom stereocenters. The van der Waals surface area contributed by atoms with Crippen LogP contribution >= 0.6 is 0 Å². The van der Waals surface area contributed by atoms with Crippen LogP contribution in [0.5, 0.6) is 0 Å². The van der Waals surface area contributed by atoms with Gasteiger partial charge in [-0.25, -0.2) is 0 Å². The van der Waals surface area contributed by atoms with E-state index in [1.807, 2.05) is 25.1 Å². The summed E-state index contributed by atoms with van der Waals surface area (Å²) in [5.74, 6) is -0.0690. The third-order valence-corrected chi connectivity index (χ3v) is 3.08. The Morgan fingerprint density at radius 1 is 1.03 bits per heavy atom. The van der Waals surface area contributed by atoms with Crippen LogP contribution in [-0.4, -0.2) is 63.0 Å². The average Bonchev–Trinajstić information content (AvgIpc) is 2.52. The van der Waals surface area contributed by atoms with Gasteiger partial charge in [-0.3, -0.25) is 13.9 Å². The zero-order valence-electron chi connectivity index (χ0n) is 17.0. The molecule has 0 radical (unpaired) electrons. The van der Waals surface area contributed by atoms with Gasteiger partial charge >= 0.3 is 0 Å². The first-order valence-corrected chi connectivity index (χ1v) is 12.5. The van der Waals surface area contributed by atoms with Crippen molar-refractivity contribution in [2.45, 2.75) is 44.7 Å². The smallest absolute Gasteiger partial charge is 0.261 e. The summed E-state index contributed by atoms with van der Waals surface area (Å²) < 4.78 is 51.7. The summed E-state index contributed by atoms with van der Waals surface area (Å²) in [6.07, 6.45) is 4.77. The van der Waals surface area contributed by atoms with E-state index >= 15 is 0 Å². The van der Waals surface area contributed by atoms with E-state index in [0.717, 1.165) is 19.3 Å². The molecular formula is C17H33N3O7S2. The van der Waals surface area contributed by atoms with Gasteiger partial charge in [-0.15, -0.1) is 0 Å². The van der Waals surface area contributed by atoms with Crippen LogP contribution in [0.4, 0.5) is 0 Å². The number of unbranched alkanes of at least 4 members (excludes halogenated alkanes) is 1. The zero-order valence-corrected chi connectivity index (χ0v) is 18.6. The maximum atomic E-state index is 11.9. The molecule has 1 rings (SSSR count). The van der Waals surface area contributed by atoms with E-state index < -0.39 is 26.3 Å². The fraction of sp³-hybridized carbons (Fsp3) is 0.588. The molecule has 0 aliphatic rings. The Kier molecular flexibility index (Phi) is 15.6. The Morgan fingerprint density at radius 2 is 1.48 bits per heavy atom. The van der Waals surface area contributed by atoms with Crippen molar-refractivity contribution in [3.8, 4) is 0 Å². The number of hydrogen-bond acceptors (Lipinski definition) is 7. The lowest BCUT2D eigenvalue weighted by Gasteiger charge is -2.17.